The number of aliphatic imine (C=N–C) groups is 1. The summed E-state index contributed by atoms with van der Waals surface area (Å²) in [7, 11) is 3.45. The van der Waals surface area contributed by atoms with Crippen LogP contribution in [0.5, 0.6) is 5.75 Å². The Bertz CT molecular complexity index is 418. The molecule has 0 aromatic heterocycles. The number of rotatable bonds is 8. The SMILES string of the molecule is CCC(C)NC(=NC)NCc1ccc(OCCOC)cc1. The van der Waals surface area contributed by atoms with Gasteiger partial charge in [-0.1, -0.05) is 19.1 Å². The Morgan fingerprint density at radius 3 is 2.52 bits per heavy atom. The Kier molecular flexibility index (Phi) is 8.28. The van der Waals surface area contributed by atoms with Crippen LogP contribution in [0, 0.1) is 0 Å². The van der Waals surface area contributed by atoms with Crippen molar-refractivity contribution in [2.24, 2.45) is 4.99 Å². The van der Waals surface area contributed by atoms with E-state index in [-0.39, 0.29) is 0 Å². The van der Waals surface area contributed by atoms with Gasteiger partial charge in [0.25, 0.3) is 0 Å². The van der Waals surface area contributed by atoms with E-state index in [2.05, 4.69) is 29.5 Å². The van der Waals surface area contributed by atoms with Crippen molar-refractivity contribution in [2.75, 3.05) is 27.4 Å². The molecule has 0 fully saturated rings. The molecule has 0 radical (unpaired) electrons. The first-order valence-electron chi connectivity index (χ1n) is 7.37. The van der Waals surface area contributed by atoms with Gasteiger partial charge in [-0.3, -0.25) is 4.99 Å². The summed E-state index contributed by atoms with van der Waals surface area (Å²) in [5.74, 6) is 1.68. The number of nitrogens with zero attached hydrogens (tertiary/aromatic N) is 1. The van der Waals surface area contributed by atoms with Gasteiger partial charge in [0.2, 0.25) is 0 Å². The second-order valence-electron chi connectivity index (χ2n) is 4.86. The fraction of sp³-hybridized carbons (Fsp3) is 0.562. The molecule has 0 saturated carbocycles. The molecule has 2 N–H and O–H groups in total. The van der Waals surface area contributed by atoms with Crippen LogP contribution in [-0.4, -0.2) is 39.4 Å². The van der Waals surface area contributed by atoms with Crippen LogP contribution >= 0.6 is 0 Å². The van der Waals surface area contributed by atoms with E-state index in [9.17, 15) is 0 Å². The van der Waals surface area contributed by atoms with Crippen molar-refractivity contribution in [3.05, 3.63) is 29.8 Å². The summed E-state index contributed by atoms with van der Waals surface area (Å²) in [5, 5.41) is 6.63. The van der Waals surface area contributed by atoms with Gasteiger partial charge in [0.1, 0.15) is 12.4 Å². The minimum Gasteiger partial charge on any atom is -0.491 e. The molecule has 0 aliphatic carbocycles. The standard InChI is InChI=1S/C16H27N3O2/c1-5-13(2)19-16(17-3)18-12-14-6-8-15(9-7-14)21-11-10-20-4/h6-9,13H,5,10-12H2,1-4H3,(H2,17,18,19). The molecule has 0 amide bonds. The van der Waals surface area contributed by atoms with Crippen molar-refractivity contribution in [3.63, 3.8) is 0 Å². The number of methoxy groups -OCH3 is 1. The van der Waals surface area contributed by atoms with Gasteiger partial charge in [0, 0.05) is 26.7 Å². The van der Waals surface area contributed by atoms with Crippen LogP contribution in [0.25, 0.3) is 0 Å². The highest BCUT2D eigenvalue weighted by atomic mass is 16.5. The van der Waals surface area contributed by atoms with Crippen LogP contribution in [0.2, 0.25) is 0 Å². The highest BCUT2D eigenvalue weighted by Gasteiger charge is 2.02. The average Bonchev–Trinajstić information content (AvgIpc) is 2.52. The van der Waals surface area contributed by atoms with E-state index in [1.54, 1.807) is 14.2 Å². The van der Waals surface area contributed by atoms with Crippen LogP contribution in [0.3, 0.4) is 0 Å². The highest BCUT2D eigenvalue weighted by molar-refractivity contribution is 5.79. The molecule has 0 saturated heterocycles. The van der Waals surface area contributed by atoms with Crippen molar-refractivity contribution in [3.8, 4) is 5.75 Å². The second kappa shape index (κ2) is 10.0. The van der Waals surface area contributed by atoms with Crippen LogP contribution in [-0.2, 0) is 11.3 Å². The maximum absolute atomic E-state index is 5.53. The lowest BCUT2D eigenvalue weighted by molar-refractivity contribution is 0.146. The quantitative estimate of drug-likeness (QED) is 0.438. The summed E-state index contributed by atoms with van der Waals surface area (Å²) in [5.41, 5.74) is 1.18. The molecular weight excluding hydrogens is 266 g/mol. The topological polar surface area (TPSA) is 54.9 Å². The largest absolute Gasteiger partial charge is 0.491 e. The molecule has 0 bridgehead atoms. The number of nitrogens with one attached hydrogen (secondary N) is 2. The van der Waals surface area contributed by atoms with Gasteiger partial charge in [-0.05, 0) is 31.0 Å². The fourth-order valence-corrected chi connectivity index (χ4v) is 1.66. The maximum Gasteiger partial charge on any atom is 0.191 e. The predicted molar refractivity (Wildman–Crippen MR) is 86.9 cm³/mol. The minimum absolute atomic E-state index is 0.410. The van der Waals surface area contributed by atoms with Gasteiger partial charge in [-0.15, -0.1) is 0 Å². The first-order valence-corrected chi connectivity index (χ1v) is 7.37. The number of guanidine groups is 1. The zero-order chi connectivity index (χ0) is 15.5. The summed E-state index contributed by atoms with van der Waals surface area (Å²) >= 11 is 0. The zero-order valence-electron chi connectivity index (χ0n) is 13.5. The van der Waals surface area contributed by atoms with E-state index in [4.69, 9.17) is 9.47 Å². The smallest absolute Gasteiger partial charge is 0.191 e. The molecule has 0 aliphatic heterocycles. The Morgan fingerprint density at radius 1 is 1.24 bits per heavy atom. The molecular formula is C16H27N3O2. The van der Waals surface area contributed by atoms with Crippen molar-refractivity contribution >= 4 is 5.96 Å². The molecule has 118 valence electrons. The molecule has 1 aromatic carbocycles. The fourth-order valence-electron chi connectivity index (χ4n) is 1.66. The van der Waals surface area contributed by atoms with Crippen LogP contribution in [0.4, 0.5) is 0 Å². The predicted octanol–water partition coefficient (Wildman–Crippen LogP) is 2.18. The highest BCUT2D eigenvalue weighted by Crippen LogP contribution is 2.11. The van der Waals surface area contributed by atoms with Gasteiger partial charge in [-0.25, -0.2) is 0 Å². The summed E-state index contributed by atoms with van der Waals surface area (Å²) in [6.07, 6.45) is 1.06. The number of ether oxygens (including phenoxy) is 2. The summed E-state index contributed by atoms with van der Waals surface area (Å²) < 4.78 is 10.5. The van der Waals surface area contributed by atoms with E-state index >= 15 is 0 Å². The number of hydrogen-bond donors (Lipinski definition) is 2. The Labute approximate surface area is 127 Å². The third-order valence-electron chi connectivity index (χ3n) is 3.16. The lowest BCUT2D eigenvalue weighted by Gasteiger charge is -2.16. The van der Waals surface area contributed by atoms with Gasteiger partial charge < -0.3 is 20.1 Å². The lowest BCUT2D eigenvalue weighted by atomic mass is 10.2. The lowest BCUT2D eigenvalue weighted by Crippen LogP contribution is -2.41. The van der Waals surface area contributed by atoms with E-state index in [0.29, 0.717) is 19.3 Å². The third kappa shape index (κ3) is 6.99. The molecule has 1 unspecified atom stereocenters. The molecule has 0 heterocycles. The van der Waals surface area contributed by atoms with Crippen LogP contribution in [0.1, 0.15) is 25.8 Å². The van der Waals surface area contributed by atoms with Crippen molar-refractivity contribution in [1.82, 2.24) is 10.6 Å². The van der Waals surface area contributed by atoms with Gasteiger partial charge in [0.15, 0.2) is 5.96 Å². The van der Waals surface area contributed by atoms with Crippen molar-refractivity contribution in [1.29, 1.82) is 0 Å². The van der Waals surface area contributed by atoms with E-state index < -0.39 is 0 Å². The molecule has 21 heavy (non-hydrogen) atoms. The van der Waals surface area contributed by atoms with Gasteiger partial charge >= 0.3 is 0 Å². The normalized spacial score (nSPS) is 12.9. The van der Waals surface area contributed by atoms with E-state index in [1.165, 1.54) is 5.56 Å². The zero-order valence-corrected chi connectivity index (χ0v) is 13.5. The average molecular weight is 293 g/mol. The first kappa shape index (κ1) is 17.3. The molecule has 1 aromatic rings. The minimum atomic E-state index is 0.410. The molecule has 1 rings (SSSR count). The summed E-state index contributed by atoms with van der Waals surface area (Å²) in [6.45, 7) is 6.18. The molecule has 0 aliphatic rings. The van der Waals surface area contributed by atoms with Crippen LogP contribution < -0.4 is 15.4 Å². The Morgan fingerprint density at radius 2 is 1.95 bits per heavy atom. The van der Waals surface area contributed by atoms with E-state index in [0.717, 1.165) is 24.7 Å². The molecule has 1 atom stereocenters. The van der Waals surface area contributed by atoms with Gasteiger partial charge in [0.05, 0.1) is 6.61 Å². The van der Waals surface area contributed by atoms with Crippen molar-refractivity contribution in [2.45, 2.75) is 32.9 Å². The monoisotopic (exact) mass is 293 g/mol. The first-order chi connectivity index (χ1) is 10.2. The Hall–Kier alpha value is -1.75. The number of hydrogen-bond acceptors (Lipinski definition) is 3. The van der Waals surface area contributed by atoms with Gasteiger partial charge in [-0.2, -0.15) is 0 Å². The maximum atomic E-state index is 5.53. The summed E-state index contributed by atoms with van der Waals surface area (Å²) in [6, 6.07) is 8.44. The van der Waals surface area contributed by atoms with Crippen LogP contribution in [0.15, 0.2) is 29.3 Å². The third-order valence-corrected chi connectivity index (χ3v) is 3.16. The molecule has 5 nitrogen and oxygen atoms in total. The molecule has 0 spiro atoms. The van der Waals surface area contributed by atoms with Crippen molar-refractivity contribution < 1.29 is 9.47 Å². The number of benzene rings is 1. The summed E-state index contributed by atoms with van der Waals surface area (Å²) in [4.78, 5) is 4.21. The molecule has 5 heteroatoms. The second-order valence-corrected chi connectivity index (χ2v) is 4.86. The van der Waals surface area contributed by atoms with E-state index in [1.807, 2.05) is 24.3 Å². The Balaban J connectivity index is 2.41.